The Morgan fingerprint density at radius 1 is 1.37 bits per heavy atom. The van der Waals surface area contributed by atoms with E-state index in [0.717, 1.165) is 0 Å². The van der Waals surface area contributed by atoms with Gasteiger partial charge in [-0.25, -0.2) is 4.68 Å². The number of hydrogen-bond acceptors (Lipinski definition) is 3. The van der Waals surface area contributed by atoms with Gasteiger partial charge in [-0.05, 0) is 19.9 Å². The predicted octanol–water partition coefficient (Wildman–Crippen LogP) is 3.46. The highest BCUT2D eigenvalue weighted by Crippen LogP contribution is 2.36. The predicted molar refractivity (Wildman–Crippen MR) is 76.1 cm³/mol. The van der Waals surface area contributed by atoms with Gasteiger partial charge in [0.25, 0.3) is 5.56 Å². The molecule has 2 unspecified atom stereocenters. The first-order valence-electron chi connectivity index (χ1n) is 6.12. The van der Waals surface area contributed by atoms with Crippen LogP contribution >= 0.6 is 11.6 Å². The maximum atomic E-state index is 12.3. The van der Waals surface area contributed by atoms with Crippen molar-refractivity contribution in [2.24, 2.45) is 16.1 Å². The molecule has 0 fully saturated rings. The number of nitrogens with zero attached hydrogens (tertiary/aromatic N) is 3. The summed E-state index contributed by atoms with van der Waals surface area (Å²) in [5.41, 5.74) is 2.03. The Morgan fingerprint density at radius 2 is 2.05 bits per heavy atom. The van der Waals surface area contributed by atoms with E-state index in [9.17, 15) is 4.79 Å². The molecule has 0 bridgehead atoms. The summed E-state index contributed by atoms with van der Waals surface area (Å²) in [7, 11) is 1.54. The molecule has 0 saturated heterocycles. The van der Waals surface area contributed by atoms with Crippen molar-refractivity contribution in [1.29, 1.82) is 0 Å². The standard InChI is InChI=1S/C13H17ClN4O/c1-7-5-6-10(14)12(8(7)2)18-13(19)11(16-15-4)9(3)17-18/h5-6,8,12,17H,1-4H3. The van der Waals surface area contributed by atoms with Crippen LogP contribution in [-0.2, 0) is 0 Å². The smallest absolute Gasteiger partial charge is 0.295 e. The minimum absolute atomic E-state index is 0.152. The van der Waals surface area contributed by atoms with E-state index in [0.29, 0.717) is 16.4 Å². The van der Waals surface area contributed by atoms with Crippen LogP contribution in [0.15, 0.2) is 37.8 Å². The van der Waals surface area contributed by atoms with Gasteiger partial charge in [-0.3, -0.25) is 9.89 Å². The van der Waals surface area contributed by atoms with Crippen molar-refractivity contribution >= 4 is 17.3 Å². The van der Waals surface area contributed by atoms with E-state index in [1.807, 2.05) is 19.1 Å². The summed E-state index contributed by atoms with van der Waals surface area (Å²) >= 11 is 6.27. The van der Waals surface area contributed by atoms with Gasteiger partial charge in [0.1, 0.15) is 0 Å². The van der Waals surface area contributed by atoms with Crippen LogP contribution in [0.5, 0.6) is 0 Å². The van der Waals surface area contributed by atoms with Crippen LogP contribution < -0.4 is 5.56 Å². The summed E-state index contributed by atoms with van der Waals surface area (Å²) in [5.74, 6) is 0.152. The van der Waals surface area contributed by atoms with Crippen molar-refractivity contribution in [3.05, 3.63) is 38.8 Å². The molecule has 0 aromatic carbocycles. The van der Waals surface area contributed by atoms with Crippen molar-refractivity contribution < 1.29 is 0 Å². The molecule has 2 rings (SSSR count). The van der Waals surface area contributed by atoms with E-state index in [1.165, 1.54) is 5.57 Å². The Labute approximate surface area is 116 Å². The topological polar surface area (TPSA) is 62.5 Å². The summed E-state index contributed by atoms with van der Waals surface area (Å²) in [6.07, 6.45) is 3.82. The van der Waals surface area contributed by atoms with Gasteiger partial charge >= 0.3 is 0 Å². The van der Waals surface area contributed by atoms with Crippen LogP contribution in [0.2, 0.25) is 0 Å². The van der Waals surface area contributed by atoms with Crippen molar-refractivity contribution in [3.8, 4) is 0 Å². The summed E-state index contributed by atoms with van der Waals surface area (Å²) < 4.78 is 1.54. The molecule has 5 nitrogen and oxygen atoms in total. The maximum Gasteiger partial charge on any atom is 0.295 e. The highest BCUT2D eigenvalue weighted by molar-refractivity contribution is 6.30. The van der Waals surface area contributed by atoms with Gasteiger partial charge in [0.2, 0.25) is 0 Å². The number of halogens is 1. The molecule has 19 heavy (non-hydrogen) atoms. The van der Waals surface area contributed by atoms with E-state index in [2.05, 4.69) is 22.3 Å². The van der Waals surface area contributed by atoms with Crippen LogP contribution in [-0.4, -0.2) is 16.8 Å². The summed E-state index contributed by atoms with van der Waals surface area (Å²) in [6, 6.07) is -0.210. The molecule has 1 aliphatic rings. The average Bonchev–Trinajstić information content (AvgIpc) is 2.63. The molecule has 1 aromatic heterocycles. The Kier molecular flexibility index (Phi) is 3.75. The molecule has 6 heteroatoms. The first-order valence-corrected chi connectivity index (χ1v) is 6.50. The van der Waals surface area contributed by atoms with Crippen LogP contribution in [0.4, 0.5) is 5.69 Å². The molecule has 0 saturated carbocycles. The Hall–Kier alpha value is -1.62. The van der Waals surface area contributed by atoms with Crippen molar-refractivity contribution in [1.82, 2.24) is 9.78 Å². The lowest BCUT2D eigenvalue weighted by Gasteiger charge is -2.27. The van der Waals surface area contributed by atoms with Gasteiger partial charge in [0, 0.05) is 18.0 Å². The van der Waals surface area contributed by atoms with Gasteiger partial charge in [-0.1, -0.05) is 30.2 Å². The SMILES string of the molecule is CN=Nc1c(C)[nH]n(C2C(Cl)=CC=C(C)C2C)c1=O. The number of aromatic amines is 1. The highest BCUT2D eigenvalue weighted by Gasteiger charge is 2.29. The van der Waals surface area contributed by atoms with Crippen LogP contribution in [0.25, 0.3) is 0 Å². The van der Waals surface area contributed by atoms with E-state index < -0.39 is 0 Å². The third-order valence-electron chi connectivity index (χ3n) is 3.52. The fourth-order valence-electron chi connectivity index (χ4n) is 2.27. The number of azo groups is 1. The van der Waals surface area contributed by atoms with E-state index in [-0.39, 0.29) is 17.5 Å². The fraction of sp³-hybridized carbons (Fsp3) is 0.462. The lowest BCUT2D eigenvalue weighted by atomic mass is 9.90. The molecule has 2 atom stereocenters. The minimum atomic E-state index is -0.210. The molecule has 1 heterocycles. The van der Waals surface area contributed by atoms with E-state index >= 15 is 0 Å². The second kappa shape index (κ2) is 5.17. The Balaban J connectivity index is 2.55. The number of allylic oxidation sites excluding steroid dienone is 4. The summed E-state index contributed by atoms with van der Waals surface area (Å²) in [5, 5.41) is 11.2. The number of aromatic nitrogens is 2. The third-order valence-corrected chi connectivity index (χ3v) is 3.87. The molecule has 0 aliphatic heterocycles. The molecule has 1 N–H and O–H groups in total. The average molecular weight is 281 g/mol. The van der Waals surface area contributed by atoms with Crippen LogP contribution in [0.1, 0.15) is 25.6 Å². The maximum absolute atomic E-state index is 12.3. The van der Waals surface area contributed by atoms with Gasteiger partial charge in [-0.2, -0.15) is 5.11 Å². The molecule has 1 aromatic rings. The zero-order valence-corrected chi connectivity index (χ0v) is 12.2. The normalized spacial score (nSPS) is 23.6. The van der Waals surface area contributed by atoms with Gasteiger partial charge in [0.15, 0.2) is 5.69 Å². The molecule has 0 radical (unpaired) electrons. The Morgan fingerprint density at radius 3 is 2.68 bits per heavy atom. The zero-order valence-electron chi connectivity index (χ0n) is 11.4. The van der Waals surface area contributed by atoms with Crippen molar-refractivity contribution in [2.75, 3.05) is 7.05 Å². The van der Waals surface area contributed by atoms with E-state index in [1.54, 1.807) is 18.7 Å². The third kappa shape index (κ3) is 2.30. The molecule has 0 spiro atoms. The van der Waals surface area contributed by atoms with Gasteiger partial charge in [-0.15, -0.1) is 5.11 Å². The molecular weight excluding hydrogens is 264 g/mol. The van der Waals surface area contributed by atoms with Crippen molar-refractivity contribution in [3.63, 3.8) is 0 Å². The fourth-order valence-corrected chi connectivity index (χ4v) is 2.62. The largest absolute Gasteiger partial charge is 0.297 e. The Bertz CT molecular complexity index is 636. The second-order valence-electron chi connectivity index (χ2n) is 4.76. The summed E-state index contributed by atoms with van der Waals surface area (Å²) in [4.78, 5) is 12.3. The van der Waals surface area contributed by atoms with Crippen LogP contribution in [0.3, 0.4) is 0 Å². The monoisotopic (exact) mass is 280 g/mol. The van der Waals surface area contributed by atoms with Gasteiger partial charge < -0.3 is 0 Å². The second-order valence-corrected chi connectivity index (χ2v) is 5.19. The van der Waals surface area contributed by atoms with Crippen molar-refractivity contribution in [2.45, 2.75) is 26.8 Å². The molecule has 102 valence electrons. The number of aryl methyl sites for hydroxylation is 1. The lowest BCUT2D eigenvalue weighted by Crippen LogP contribution is -2.29. The molecule has 0 amide bonds. The lowest BCUT2D eigenvalue weighted by molar-refractivity contribution is 0.409. The molecular formula is C13H17ClN4O. The highest BCUT2D eigenvalue weighted by atomic mass is 35.5. The molecule has 1 aliphatic carbocycles. The first kappa shape index (κ1) is 13.8. The minimum Gasteiger partial charge on any atom is -0.297 e. The van der Waals surface area contributed by atoms with Crippen LogP contribution in [0, 0.1) is 12.8 Å². The van der Waals surface area contributed by atoms with E-state index in [4.69, 9.17) is 11.6 Å². The number of H-pyrrole nitrogens is 1. The number of nitrogens with one attached hydrogen (secondary N) is 1. The number of rotatable bonds is 2. The first-order chi connectivity index (χ1) is 8.97. The quantitative estimate of drug-likeness (QED) is 0.829. The van der Waals surface area contributed by atoms with Gasteiger partial charge in [0.05, 0.1) is 11.7 Å². The number of hydrogen-bond donors (Lipinski definition) is 1. The zero-order chi connectivity index (χ0) is 14.2. The summed E-state index contributed by atoms with van der Waals surface area (Å²) in [6.45, 7) is 5.89.